The maximum Gasteiger partial charge on any atom is 0.257 e. The predicted molar refractivity (Wildman–Crippen MR) is 77.3 cm³/mol. The zero-order valence-electron chi connectivity index (χ0n) is 12.2. The molecule has 0 saturated carbocycles. The lowest BCUT2D eigenvalue weighted by atomic mass is 10.2. The molecule has 0 aliphatic heterocycles. The summed E-state index contributed by atoms with van der Waals surface area (Å²) in [6, 6.07) is 0. The number of carbonyl (C=O) groups is 1. The molecule has 0 fully saturated rings. The lowest BCUT2D eigenvalue weighted by Crippen LogP contribution is -2.31. The number of carbonyl (C=O) groups excluding carboxylic acids is 1. The van der Waals surface area contributed by atoms with Gasteiger partial charge >= 0.3 is 0 Å². The van der Waals surface area contributed by atoms with Crippen LogP contribution in [0.5, 0.6) is 0 Å². The summed E-state index contributed by atoms with van der Waals surface area (Å²) in [7, 11) is -1.49. The maximum absolute atomic E-state index is 12.2. The van der Waals surface area contributed by atoms with Gasteiger partial charge in [-0.2, -0.15) is 5.10 Å². The number of aromatic nitrogens is 2. The Balaban J connectivity index is 2.74. The predicted octanol–water partition coefficient (Wildman–Crippen LogP) is -0.343. The molecule has 0 aliphatic rings. The van der Waals surface area contributed by atoms with Crippen LogP contribution in [0.3, 0.4) is 0 Å². The Morgan fingerprint density at radius 1 is 1.50 bits per heavy atom. The van der Waals surface area contributed by atoms with E-state index in [0.717, 1.165) is 18.4 Å². The number of hydrogen-bond donors (Lipinski definition) is 1. The summed E-state index contributed by atoms with van der Waals surface area (Å²) in [4.78, 5) is 13.6. The minimum Gasteiger partial charge on any atom is -0.341 e. The van der Waals surface area contributed by atoms with Crippen molar-refractivity contribution in [3.8, 4) is 0 Å². The van der Waals surface area contributed by atoms with Crippen LogP contribution in [0, 0.1) is 6.92 Å². The fourth-order valence-corrected chi connectivity index (χ4v) is 2.34. The molecule has 0 aliphatic carbocycles. The van der Waals surface area contributed by atoms with Crippen molar-refractivity contribution < 1.29 is 13.2 Å². The number of sulfone groups is 1. The van der Waals surface area contributed by atoms with Crippen LogP contribution < -0.4 is 5.73 Å². The summed E-state index contributed by atoms with van der Waals surface area (Å²) >= 11 is 0. The molecule has 1 heterocycles. The van der Waals surface area contributed by atoms with Gasteiger partial charge in [-0.3, -0.25) is 9.48 Å². The molecular formula is C12H22N4O3S. The fourth-order valence-electron chi connectivity index (χ4n) is 1.73. The highest BCUT2D eigenvalue weighted by atomic mass is 32.2. The molecule has 0 saturated heterocycles. The third-order valence-corrected chi connectivity index (χ3v) is 3.98. The first-order valence-electron chi connectivity index (χ1n) is 6.42. The Morgan fingerprint density at radius 2 is 2.15 bits per heavy atom. The Bertz CT molecular complexity index is 565. The summed E-state index contributed by atoms with van der Waals surface area (Å²) in [5.41, 5.74) is 6.72. The van der Waals surface area contributed by atoms with Gasteiger partial charge in [0.1, 0.15) is 9.84 Å². The van der Waals surface area contributed by atoms with E-state index in [-0.39, 0.29) is 18.2 Å². The molecule has 1 aromatic heterocycles. The van der Waals surface area contributed by atoms with E-state index in [4.69, 9.17) is 5.73 Å². The molecule has 20 heavy (non-hydrogen) atoms. The number of rotatable bonds is 7. The Kier molecular flexibility index (Phi) is 5.70. The van der Waals surface area contributed by atoms with Crippen LogP contribution in [-0.2, 0) is 16.4 Å². The third-order valence-electron chi connectivity index (χ3n) is 3.05. The van der Waals surface area contributed by atoms with Crippen LogP contribution in [0.4, 0.5) is 0 Å². The molecule has 0 aromatic carbocycles. The van der Waals surface area contributed by atoms with Gasteiger partial charge in [0.05, 0.1) is 17.5 Å². The second kappa shape index (κ2) is 6.85. The van der Waals surface area contributed by atoms with E-state index in [0.29, 0.717) is 18.7 Å². The first-order valence-corrected chi connectivity index (χ1v) is 8.48. The molecule has 1 rings (SSSR count). The third kappa shape index (κ3) is 4.61. The highest BCUT2D eigenvalue weighted by Crippen LogP contribution is 2.10. The molecule has 1 amide bonds. The summed E-state index contributed by atoms with van der Waals surface area (Å²) in [5, 5.41) is 4.16. The van der Waals surface area contributed by atoms with Gasteiger partial charge in [0, 0.05) is 32.1 Å². The van der Waals surface area contributed by atoms with Crippen molar-refractivity contribution >= 4 is 15.7 Å². The Morgan fingerprint density at radius 3 is 2.70 bits per heavy atom. The van der Waals surface area contributed by atoms with Gasteiger partial charge in [0.15, 0.2) is 0 Å². The van der Waals surface area contributed by atoms with Gasteiger partial charge in [0.25, 0.3) is 5.91 Å². The molecule has 114 valence electrons. The summed E-state index contributed by atoms with van der Waals surface area (Å²) in [5.74, 6) is -0.263. The van der Waals surface area contributed by atoms with Gasteiger partial charge in [0.2, 0.25) is 0 Å². The first kappa shape index (κ1) is 16.6. The SMILES string of the molecule is Cc1c(C(=O)N(C)CCS(C)(=O)=O)cnn1CCCN. The number of nitrogens with two attached hydrogens (primary N) is 1. The number of nitrogens with zero attached hydrogens (tertiary/aromatic N) is 3. The highest BCUT2D eigenvalue weighted by Gasteiger charge is 2.18. The van der Waals surface area contributed by atoms with Crippen LogP contribution in [0.25, 0.3) is 0 Å². The van der Waals surface area contributed by atoms with E-state index in [1.165, 1.54) is 11.1 Å². The largest absolute Gasteiger partial charge is 0.341 e. The zero-order valence-corrected chi connectivity index (χ0v) is 13.0. The van der Waals surface area contributed by atoms with Crippen LogP contribution in [0.15, 0.2) is 6.20 Å². The van der Waals surface area contributed by atoms with Crippen molar-refractivity contribution in [2.24, 2.45) is 5.73 Å². The average Bonchev–Trinajstić information content (AvgIpc) is 2.73. The van der Waals surface area contributed by atoms with E-state index in [2.05, 4.69) is 5.10 Å². The lowest BCUT2D eigenvalue weighted by Gasteiger charge is -2.16. The monoisotopic (exact) mass is 302 g/mol. The number of hydrogen-bond acceptors (Lipinski definition) is 5. The molecule has 0 bridgehead atoms. The minimum atomic E-state index is -3.08. The first-order chi connectivity index (χ1) is 9.26. The normalized spacial score (nSPS) is 11.6. The molecule has 2 N–H and O–H groups in total. The van der Waals surface area contributed by atoms with E-state index < -0.39 is 9.84 Å². The van der Waals surface area contributed by atoms with Crippen molar-refractivity contribution in [3.05, 3.63) is 17.5 Å². The van der Waals surface area contributed by atoms with Crippen LogP contribution >= 0.6 is 0 Å². The molecule has 8 heteroatoms. The minimum absolute atomic E-state index is 0.0460. The summed E-state index contributed by atoms with van der Waals surface area (Å²) in [6.45, 7) is 3.23. The summed E-state index contributed by atoms with van der Waals surface area (Å²) in [6.07, 6.45) is 3.46. The molecule has 7 nitrogen and oxygen atoms in total. The molecule has 1 aromatic rings. The molecule has 0 radical (unpaired) electrons. The van der Waals surface area contributed by atoms with Gasteiger partial charge < -0.3 is 10.6 Å². The quantitative estimate of drug-likeness (QED) is 0.743. The van der Waals surface area contributed by atoms with E-state index in [9.17, 15) is 13.2 Å². The van der Waals surface area contributed by atoms with Crippen molar-refractivity contribution in [1.82, 2.24) is 14.7 Å². The Hall–Kier alpha value is -1.41. The smallest absolute Gasteiger partial charge is 0.257 e. The second-order valence-electron chi connectivity index (χ2n) is 4.87. The number of aryl methyl sites for hydroxylation is 1. The zero-order chi connectivity index (χ0) is 15.3. The van der Waals surface area contributed by atoms with Crippen LogP contribution in [0.2, 0.25) is 0 Å². The maximum atomic E-state index is 12.2. The highest BCUT2D eigenvalue weighted by molar-refractivity contribution is 7.90. The lowest BCUT2D eigenvalue weighted by molar-refractivity contribution is 0.0802. The molecular weight excluding hydrogens is 280 g/mol. The molecule has 0 spiro atoms. The van der Waals surface area contributed by atoms with Gasteiger partial charge in [-0.15, -0.1) is 0 Å². The van der Waals surface area contributed by atoms with Crippen LogP contribution in [-0.4, -0.2) is 61.2 Å². The van der Waals surface area contributed by atoms with Crippen molar-refractivity contribution in [2.45, 2.75) is 19.9 Å². The van der Waals surface area contributed by atoms with Gasteiger partial charge in [-0.1, -0.05) is 0 Å². The van der Waals surface area contributed by atoms with Crippen molar-refractivity contribution in [1.29, 1.82) is 0 Å². The standard InChI is InChI=1S/C12H22N4O3S/c1-10-11(9-14-16(10)6-4-5-13)12(17)15(2)7-8-20(3,18)19/h9H,4-8,13H2,1-3H3. The van der Waals surface area contributed by atoms with E-state index in [1.807, 2.05) is 6.92 Å². The van der Waals surface area contributed by atoms with Crippen molar-refractivity contribution in [3.63, 3.8) is 0 Å². The van der Waals surface area contributed by atoms with Gasteiger partial charge in [-0.05, 0) is 19.9 Å². The Labute approximate surface area is 119 Å². The second-order valence-corrected chi connectivity index (χ2v) is 7.13. The van der Waals surface area contributed by atoms with Gasteiger partial charge in [-0.25, -0.2) is 8.42 Å². The molecule has 0 atom stereocenters. The molecule has 0 unspecified atom stereocenters. The van der Waals surface area contributed by atoms with E-state index in [1.54, 1.807) is 11.7 Å². The van der Waals surface area contributed by atoms with Crippen molar-refractivity contribution in [2.75, 3.05) is 32.1 Å². The fraction of sp³-hybridized carbons (Fsp3) is 0.667. The average molecular weight is 302 g/mol. The van der Waals surface area contributed by atoms with Crippen LogP contribution in [0.1, 0.15) is 22.5 Å². The topological polar surface area (TPSA) is 98.3 Å². The van der Waals surface area contributed by atoms with E-state index >= 15 is 0 Å². The number of amides is 1. The summed E-state index contributed by atoms with van der Waals surface area (Å²) < 4.78 is 24.0.